The predicted octanol–water partition coefficient (Wildman–Crippen LogP) is 1.61. The van der Waals surface area contributed by atoms with Gasteiger partial charge in [0.15, 0.2) is 11.6 Å². The molecule has 1 aromatic carbocycles. The highest BCUT2D eigenvalue weighted by Crippen LogP contribution is 2.26. The van der Waals surface area contributed by atoms with E-state index >= 15 is 0 Å². The van der Waals surface area contributed by atoms with Crippen molar-refractivity contribution in [3.8, 4) is 11.8 Å². The molecule has 11 heteroatoms. The van der Waals surface area contributed by atoms with Crippen molar-refractivity contribution in [2.45, 2.75) is 6.92 Å². The second kappa shape index (κ2) is 7.20. The summed E-state index contributed by atoms with van der Waals surface area (Å²) in [6.45, 7) is 1.68. The summed E-state index contributed by atoms with van der Waals surface area (Å²) in [6.07, 6.45) is 0.716. The summed E-state index contributed by atoms with van der Waals surface area (Å²) in [6, 6.07) is 2.62. The maximum atomic E-state index is 14.2. The maximum Gasteiger partial charge on any atom is 0.324 e. The monoisotopic (exact) mass is 386 g/mol. The molecular formula is C15H16F2N4O4S. The van der Waals surface area contributed by atoms with E-state index in [1.165, 1.54) is 0 Å². The molecule has 1 N–H and O–H groups in total. The van der Waals surface area contributed by atoms with Crippen molar-refractivity contribution in [3.05, 3.63) is 41.1 Å². The molecule has 1 heterocycles. The molecule has 0 fully saturated rings. The van der Waals surface area contributed by atoms with E-state index in [4.69, 9.17) is 4.74 Å². The number of aryl methyl sites for hydroxylation is 1. The van der Waals surface area contributed by atoms with E-state index in [9.17, 15) is 22.0 Å². The molecule has 0 atom stereocenters. The number of aromatic nitrogens is 2. The lowest BCUT2D eigenvalue weighted by Crippen LogP contribution is -2.30. The number of carbonyl (C=O) groups is 1. The van der Waals surface area contributed by atoms with Gasteiger partial charge in [0.1, 0.15) is 11.6 Å². The first-order chi connectivity index (χ1) is 12.0. The minimum absolute atomic E-state index is 0.208. The predicted molar refractivity (Wildman–Crippen MR) is 89.8 cm³/mol. The zero-order chi connectivity index (χ0) is 19.6. The van der Waals surface area contributed by atoms with Gasteiger partial charge in [-0.15, -0.1) is 0 Å². The molecule has 0 bridgehead atoms. The largest absolute Gasteiger partial charge is 0.421 e. The number of benzene rings is 1. The van der Waals surface area contributed by atoms with Crippen molar-refractivity contribution in [1.82, 2.24) is 14.7 Å². The van der Waals surface area contributed by atoms with Gasteiger partial charge in [-0.25, -0.2) is 26.9 Å². The fourth-order valence-electron chi connectivity index (χ4n) is 1.90. The zero-order valence-corrected chi connectivity index (χ0v) is 15.2. The summed E-state index contributed by atoms with van der Waals surface area (Å²) in [5.74, 6) is -3.59. The molecule has 8 nitrogen and oxygen atoms in total. The van der Waals surface area contributed by atoms with Gasteiger partial charge in [-0.1, -0.05) is 0 Å². The fraction of sp³-hybridized carbons (Fsp3) is 0.267. The van der Waals surface area contributed by atoms with E-state index < -0.39 is 38.9 Å². The minimum atomic E-state index is -3.92. The first-order valence-electron chi connectivity index (χ1n) is 7.18. The Morgan fingerprint density at radius 2 is 1.81 bits per heavy atom. The summed E-state index contributed by atoms with van der Waals surface area (Å²) in [4.78, 5) is 21.4. The zero-order valence-electron chi connectivity index (χ0n) is 14.4. The Hall–Kier alpha value is -2.82. The number of rotatable bonds is 5. The van der Waals surface area contributed by atoms with Crippen LogP contribution in [0.1, 0.15) is 16.1 Å². The van der Waals surface area contributed by atoms with Crippen LogP contribution in [-0.4, -0.2) is 44.6 Å². The number of hydrogen-bond acceptors (Lipinski definition) is 7. The van der Waals surface area contributed by atoms with Gasteiger partial charge in [0, 0.05) is 31.9 Å². The number of carbonyl (C=O) groups excluding carboxylic acids is 1. The lowest BCUT2D eigenvalue weighted by molar-refractivity contribution is 0.0977. The standard InChI is InChI=1S/C15H16F2N4O4S/c1-8-5-13(21(2)3)19-15(18-8)25-12-7-10(16)9(6-11(12)17)14(22)20-26(4,23)24/h5-7H,1-4H3,(H,20,22). The van der Waals surface area contributed by atoms with Crippen LogP contribution in [0.3, 0.4) is 0 Å². The third kappa shape index (κ3) is 4.85. The Labute approximate surface area is 148 Å². The highest BCUT2D eigenvalue weighted by atomic mass is 32.2. The molecule has 0 saturated heterocycles. The quantitative estimate of drug-likeness (QED) is 0.833. The van der Waals surface area contributed by atoms with Gasteiger partial charge in [-0.3, -0.25) is 4.79 Å². The topological polar surface area (TPSA) is 101 Å². The molecule has 0 aliphatic rings. The molecule has 2 rings (SSSR count). The van der Waals surface area contributed by atoms with Crippen LogP contribution in [0.4, 0.5) is 14.6 Å². The smallest absolute Gasteiger partial charge is 0.324 e. The highest BCUT2D eigenvalue weighted by Gasteiger charge is 2.20. The molecule has 140 valence electrons. The Morgan fingerprint density at radius 1 is 1.15 bits per heavy atom. The maximum absolute atomic E-state index is 14.2. The molecule has 1 amide bonds. The SMILES string of the molecule is Cc1cc(N(C)C)nc(Oc2cc(F)c(C(=O)NS(C)(=O)=O)cc2F)n1. The highest BCUT2D eigenvalue weighted by molar-refractivity contribution is 7.89. The van der Waals surface area contributed by atoms with Crippen LogP contribution in [0.25, 0.3) is 0 Å². The number of ether oxygens (including phenoxy) is 1. The van der Waals surface area contributed by atoms with E-state index in [2.05, 4.69) is 9.97 Å². The number of halogens is 2. The third-order valence-electron chi connectivity index (χ3n) is 3.02. The molecule has 0 aliphatic heterocycles. The molecular weight excluding hydrogens is 370 g/mol. The summed E-state index contributed by atoms with van der Waals surface area (Å²) >= 11 is 0. The summed E-state index contributed by atoms with van der Waals surface area (Å²) in [5.41, 5.74) is -0.233. The fourth-order valence-corrected chi connectivity index (χ4v) is 2.35. The molecule has 0 saturated carbocycles. The third-order valence-corrected chi connectivity index (χ3v) is 3.58. The van der Waals surface area contributed by atoms with Crippen LogP contribution in [0.5, 0.6) is 11.8 Å². The van der Waals surface area contributed by atoms with Crippen molar-refractivity contribution in [1.29, 1.82) is 0 Å². The average Bonchev–Trinajstić information content (AvgIpc) is 2.48. The van der Waals surface area contributed by atoms with E-state index in [0.717, 1.165) is 0 Å². The molecule has 1 aromatic heterocycles. The molecule has 0 spiro atoms. The molecule has 26 heavy (non-hydrogen) atoms. The van der Waals surface area contributed by atoms with Crippen LogP contribution in [0, 0.1) is 18.6 Å². The van der Waals surface area contributed by atoms with Crippen molar-refractivity contribution < 1.29 is 26.7 Å². The Balaban J connectivity index is 2.35. The van der Waals surface area contributed by atoms with Crippen molar-refractivity contribution >= 4 is 21.7 Å². The van der Waals surface area contributed by atoms with Crippen LogP contribution in [0.2, 0.25) is 0 Å². The Kier molecular flexibility index (Phi) is 5.40. The van der Waals surface area contributed by atoms with E-state index in [0.29, 0.717) is 29.9 Å². The second-order valence-electron chi connectivity index (χ2n) is 5.61. The average molecular weight is 386 g/mol. The van der Waals surface area contributed by atoms with Crippen molar-refractivity contribution in [2.75, 3.05) is 25.3 Å². The Morgan fingerprint density at radius 3 is 2.38 bits per heavy atom. The molecule has 2 aromatic rings. The first-order valence-corrected chi connectivity index (χ1v) is 9.07. The van der Waals surface area contributed by atoms with E-state index in [-0.39, 0.29) is 6.01 Å². The van der Waals surface area contributed by atoms with Gasteiger partial charge in [0.05, 0.1) is 11.8 Å². The van der Waals surface area contributed by atoms with Gasteiger partial charge in [0.25, 0.3) is 5.91 Å². The van der Waals surface area contributed by atoms with Crippen LogP contribution < -0.4 is 14.4 Å². The number of nitrogens with zero attached hydrogens (tertiary/aromatic N) is 3. The van der Waals surface area contributed by atoms with Gasteiger partial charge in [-0.05, 0) is 13.0 Å². The molecule has 0 aliphatic carbocycles. The van der Waals surface area contributed by atoms with E-state index in [1.54, 1.807) is 36.7 Å². The number of nitrogens with one attached hydrogen (secondary N) is 1. The van der Waals surface area contributed by atoms with E-state index in [1.807, 2.05) is 0 Å². The van der Waals surface area contributed by atoms with Crippen LogP contribution in [0.15, 0.2) is 18.2 Å². The van der Waals surface area contributed by atoms with Gasteiger partial charge >= 0.3 is 6.01 Å². The normalized spacial score (nSPS) is 11.2. The number of anilines is 1. The molecule has 0 unspecified atom stereocenters. The van der Waals surface area contributed by atoms with Crippen LogP contribution >= 0.6 is 0 Å². The van der Waals surface area contributed by atoms with Gasteiger partial charge < -0.3 is 9.64 Å². The van der Waals surface area contributed by atoms with Gasteiger partial charge in [-0.2, -0.15) is 4.98 Å². The second-order valence-corrected chi connectivity index (χ2v) is 7.36. The minimum Gasteiger partial charge on any atom is -0.421 e. The number of hydrogen-bond donors (Lipinski definition) is 1. The van der Waals surface area contributed by atoms with Gasteiger partial charge in [0.2, 0.25) is 10.0 Å². The molecule has 0 radical (unpaired) electrons. The van der Waals surface area contributed by atoms with Crippen molar-refractivity contribution in [3.63, 3.8) is 0 Å². The number of sulfonamides is 1. The lowest BCUT2D eigenvalue weighted by Gasteiger charge is -2.13. The Bertz CT molecular complexity index is 964. The summed E-state index contributed by atoms with van der Waals surface area (Å²) in [7, 11) is -0.448. The summed E-state index contributed by atoms with van der Waals surface area (Å²) < 4.78 is 57.1. The number of amides is 1. The first kappa shape index (κ1) is 19.5. The summed E-state index contributed by atoms with van der Waals surface area (Å²) in [5, 5.41) is 0. The lowest BCUT2D eigenvalue weighted by atomic mass is 10.2. The van der Waals surface area contributed by atoms with Crippen LogP contribution in [-0.2, 0) is 10.0 Å². The van der Waals surface area contributed by atoms with Crippen molar-refractivity contribution in [2.24, 2.45) is 0 Å².